The topological polar surface area (TPSA) is 52.6 Å². The minimum Gasteiger partial charge on any atom is -0.488 e. The van der Waals surface area contributed by atoms with Crippen LogP contribution in [0.4, 0.5) is 4.79 Å². The molecular formula is C19H15ClO4P2. The Labute approximate surface area is 159 Å². The van der Waals surface area contributed by atoms with E-state index in [1.807, 2.05) is 24.3 Å². The Hall–Kier alpha value is -1.82. The maximum absolute atomic E-state index is 12.8. The van der Waals surface area contributed by atoms with Gasteiger partial charge in [0.05, 0.1) is 0 Å². The number of hydrogen-bond donors (Lipinski definition) is 0. The molecule has 0 amide bonds. The third-order valence-electron chi connectivity index (χ3n) is 4.63. The van der Waals surface area contributed by atoms with Gasteiger partial charge in [-0.1, -0.05) is 26.6 Å². The standard InChI is InChI=1S/C19H15ClO4P2/c1-26(25)19(22)24-16-5-2-10-7-15-13-4-3-12(20)6-11(13)9-23-17(15)8-14(10)18(16)21/h1,3-4,6-8,16H,2,5,9,25H2. The lowest BCUT2D eigenvalue weighted by molar-refractivity contribution is 0.0658. The Bertz CT molecular complexity index is 1020. The minimum absolute atomic E-state index is 0.199. The molecule has 0 saturated carbocycles. The van der Waals surface area contributed by atoms with E-state index in [4.69, 9.17) is 27.2 Å². The van der Waals surface area contributed by atoms with Crippen molar-refractivity contribution in [2.45, 2.75) is 25.6 Å². The van der Waals surface area contributed by atoms with Gasteiger partial charge in [-0.05, 0) is 53.8 Å². The van der Waals surface area contributed by atoms with Gasteiger partial charge in [0.25, 0.3) is 0 Å². The van der Waals surface area contributed by atoms with E-state index in [1.165, 1.54) is 0 Å². The molecule has 26 heavy (non-hydrogen) atoms. The lowest BCUT2D eigenvalue weighted by Gasteiger charge is -2.27. The fourth-order valence-corrected chi connectivity index (χ4v) is 4.00. The number of carbonyl (C=O) groups is 2. The molecule has 3 atom stereocenters. The van der Waals surface area contributed by atoms with Crippen molar-refractivity contribution < 1.29 is 19.1 Å². The zero-order valence-electron chi connectivity index (χ0n) is 13.7. The molecule has 0 radical (unpaired) electrons. The number of rotatable bonds is 1. The zero-order chi connectivity index (χ0) is 18.4. The number of carbonyl (C=O) groups excluding carboxylic acids is 2. The number of aryl methyl sites for hydroxylation is 1. The lowest BCUT2D eigenvalue weighted by Crippen LogP contribution is -2.31. The Morgan fingerprint density at radius 2 is 2.04 bits per heavy atom. The Balaban J connectivity index is 1.71. The van der Waals surface area contributed by atoms with Gasteiger partial charge in [-0.25, -0.2) is 4.79 Å². The summed E-state index contributed by atoms with van der Waals surface area (Å²) in [5, 5.41) is 0.669. The van der Waals surface area contributed by atoms with Crippen LogP contribution < -0.4 is 4.74 Å². The van der Waals surface area contributed by atoms with Gasteiger partial charge < -0.3 is 9.47 Å². The number of Topliss-reactive ketones (excluding diaryl/α,β-unsaturated/α-hetero) is 1. The molecule has 2 aromatic carbocycles. The van der Waals surface area contributed by atoms with Crippen LogP contribution in [-0.2, 0) is 17.8 Å². The first kappa shape index (κ1) is 17.6. The zero-order valence-corrected chi connectivity index (χ0v) is 16.5. The van der Waals surface area contributed by atoms with Gasteiger partial charge in [0, 0.05) is 23.2 Å². The van der Waals surface area contributed by atoms with E-state index < -0.39 is 18.9 Å². The summed E-state index contributed by atoms with van der Waals surface area (Å²) in [6, 6.07) is 9.48. The van der Waals surface area contributed by atoms with Crippen molar-refractivity contribution in [3.05, 3.63) is 52.0 Å². The predicted molar refractivity (Wildman–Crippen MR) is 106 cm³/mol. The molecule has 0 saturated heterocycles. The summed E-state index contributed by atoms with van der Waals surface area (Å²) in [6.07, 6.45) is 5.88. The first-order chi connectivity index (χ1) is 12.4. The highest BCUT2D eigenvalue weighted by atomic mass is 35.5. The van der Waals surface area contributed by atoms with Gasteiger partial charge in [-0.15, -0.1) is 6.13 Å². The molecule has 0 N–H and O–H groups in total. The van der Waals surface area contributed by atoms with Crippen molar-refractivity contribution in [1.82, 2.24) is 0 Å². The molecule has 0 aromatic heterocycles. The number of ether oxygens (including phenoxy) is 2. The van der Waals surface area contributed by atoms with Gasteiger partial charge in [0.15, 0.2) is 6.10 Å². The normalized spacial score (nSPS) is 18.1. The van der Waals surface area contributed by atoms with Gasteiger partial charge in [-0.2, -0.15) is 0 Å². The van der Waals surface area contributed by atoms with Crippen LogP contribution in [0.2, 0.25) is 5.02 Å². The van der Waals surface area contributed by atoms with E-state index in [2.05, 4.69) is 8.93 Å². The van der Waals surface area contributed by atoms with Crippen molar-refractivity contribution in [2.24, 2.45) is 0 Å². The summed E-state index contributed by atoms with van der Waals surface area (Å²) in [7, 11) is 0.786. The smallest absolute Gasteiger partial charge is 0.359 e. The van der Waals surface area contributed by atoms with Crippen LogP contribution in [-0.4, -0.2) is 17.6 Å². The molecule has 0 spiro atoms. The second kappa shape index (κ2) is 6.72. The molecule has 1 aliphatic heterocycles. The quantitative estimate of drug-likeness (QED) is 0.598. The van der Waals surface area contributed by atoms with Crippen molar-refractivity contribution >= 4 is 39.1 Å². The van der Waals surface area contributed by atoms with Gasteiger partial charge in [-0.3, -0.25) is 4.79 Å². The first-order valence-corrected chi connectivity index (χ1v) is 11.5. The fourth-order valence-electron chi connectivity index (χ4n) is 3.38. The molecule has 132 valence electrons. The maximum atomic E-state index is 12.8. The Morgan fingerprint density at radius 3 is 2.81 bits per heavy atom. The highest BCUT2D eigenvalue weighted by Gasteiger charge is 2.32. The highest BCUT2D eigenvalue weighted by molar-refractivity contribution is 8.15. The molecule has 0 bridgehead atoms. The predicted octanol–water partition coefficient (Wildman–Crippen LogP) is 5.39. The van der Waals surface area contributed by atoms with Crippen LogP contribution >= 0.6 is 27.6 Å². The highest BCUT2D eigenvalue weighted by Crippen LogP contribution is 2.42. The van der Waals surface area contributed by atoms with E-state index in [-0.39, 0.29) is 5.78 Å². The van der Waals surface area contributed by atoms with Crippen molar-refractivity contribution in [3.8, 4) is 23.0 Å². The third kappa shape index (κ3) is 3.04. The van der Waals surface area contributed by atoms with Gasteiger partial charge >= 0.3 is 5.71 Å². The van der Waals surface area contributed by atoms with Crippen molar-refractivity contribution in [3.63, 3.8) is 0 Å². The number of halogens is 1. The molecule has 1 heterocycles. The largest absolute Gasteiger partial charge is 0.488 e. The van der Waals surface area contributed by atoms with Gasteiger partial charge in [0.2, 0.25) is 5.78 Å². The molecule has 7 heteroatoms. The summed E-state index contributed by atoms with van der Waals surface area (Å²) < 4.78 is 11.1. The minimum atomic E-state index is -1.44. The lowest BCUT2D eigenvalue weighted by atomic mass is 9.85. The number of ketones is 1. The number of fused-ring (bicyclic) bond motifs is 4. The average Bonchev–Trinajstić information content (AvgIpc) is 2.62. The average molecular weight is 405 g/mol. The van der Waals surface area contributed by atoms with Crippen LogP contribution in [0, 0.1) is 6.13 Å². The van der Waals surface area contributed by atoms with Crippen LogP contribution in [0.3, 0.4) is 0 Å². The van der Waals surface area contributed by atoms with E-state index in [0.717, 1.165) is 22.3 Å². The van der Waals surface area contributed by atoms with Crippen LogP contribution in [0.25, 0.3) is 11.1 Å². The van der Waals surface area contributed by atoms with Crippen LogP contribution in [0.1, 0.15) is 27.9 Å². The van der Waals surface area contributed by atoms with E-state index in [1.54, 1.807) is 6.07 Å². The first-order valence-electron chi connectivity index (χ1n) is 8.07. The summed E-state index contributed by atoms with van der Waals surface area (Å²) in [6.45, 7) is 0.402. The molecular weight excluding hydrogens is 390 g/mol. The van der Waals surface area contributed by atoms with Gasteiger partial charge in [0.1, 0.15) is 12.4 Å². The summed E-state index contributed by atoms with van der Waals surface area (Å²) >= 11 is 6.07. The number of benzene rings is 2. The molecule has 1 aliphatic carbocycles. The van der Waals surface area contributed by atoms with Crippen LogP contribution in [0.15, 0.2) is 30.3 Å². The molecule has 3 unspecified atom stereocenters. The van der Waals surface area contributed by atoms with Crippen molar-refractivity contribution in [2.75, 3.05) is 0 Å². The second-order valence-corrected chi connectivity index (χ2v) is 9.56. The van der Waals surface area contributed by atoms with Crippen molar-refractivity contribution in [1.29, 1.82) is 0 Å². The van der Waals surface area contributed by atoms with E-state index in [0.29, 0.717) is 35.8 Å². The van der Waals surface area contributed by atoms with E-state index >= 15 is 0 Å². The molecule has 4 rings (SSSR count). The summed E-state index contributed by atoms with van der Waals surface area (Å²) in [5.41, 5.74) is 4.00. The summed E-state index contributed by atoms with van der Waals surface area (Å²) in [5.74, 6) is 0.459. The van der Waals surface area contributed by atoms with Crippen LogP contribution in [0.5, 0.6) is 5.75 Å². The molecule has 4 nitrogen and oxygen atoms in total. The maximum Gasteiger partial charge on any atom is 0.359 e. The number of hydrogen-bond acceptors (Lipinski definition) is 4. The summed E-state index contributed by atoms with van der Waals surface area (Å²) in [4.78, 5) is 24.5. The monoisotopic (exact) mass is 404 g/mol. The fraction of sp³-hybridized carbons (Fsp3) is 0.211. The Kier molecular flexibility index (Phi) is 4.55. The molecule has 2 aromatic rings. The molecule has 2 aliphatic rings. The second-order valence-electron chi connectivity index (χ2n) is 6.28. The van der Waals surface area contributed by atoms with E-state index in [9.17, 15) is 9.59 Å². The third-order valence-corrected chi connectivity index (χ3v) is 6.03. The SMILES string of the molecule is C#P(P)C(=O)OC1CCc2cc3c(cc2C1=O)OCc1cc(Cl)ccc1-3. The molecule has 0 fully saturated rings. The Morgan fingerprint density at radius 1 is 1.23 bits per heavy atom.